The minimum atomic E-state index is -4.56. The van der Waals surface area contributed by atoms with Crippen LogP contribution < -0.4 is 0 Å². The Bertz CT molecular complexity index is 425. The zero-order valence-corrected chi connectivity index (χ0v) is 8.14. The van der Waals surface area contributed by atoms with Crippen molar-refractivity contribution in [3.05, 3.63) is 17.2 Å². The maximum absolute atomic E-state index is 12.4. The first kappa shape index (κ1) is 11.0. The molecule has 1 aromatic rings. The summed E-state index contributed by atoms with van der Waals surface area (Å²) in [6.45, 7) is 0. The minimum Gasteiger partial charge on any atom is -0.481 e. The van der Waals surface area contributed by atoms with Gasteiger partial charge in [0.25, 0.3) is 0 Å². The number of carboxylic acids is 1. The first-order chi connectivity index (χ1) is 7.39. The van der Waals surface area contributed by atoms with Crippen molar-refractivity contribution >= 4 is 5.97 Å². The third-order valence-corrected chi connectivity index (χ3v) is 2.63. The lowest BCUT2D eigenvalue weighted by atomic mass is 9.90. The Hall–Kier alpha value is -1.53. The number of carboxylic acid groups (broad SMARTS) is 1. The molecule has 16 heavy (non-hydrogen) atoms. The highest BCUT2D eigenvalue weighted by molar-refractivity contribution is 5.76. The second kappa shape index (κ2) is 3.50. The highest BCUT2D eigenvalue weighted by Gasteiger charge is 2.38. The number of nitrogens with one attached hydrogen (secondary N) is 1. The number of imidazole rings is 1. The molecule has 2 N–H and O–H groups in total. The van der Waals surface area contributed by atoms with E-state index in [0.717, 1.165) is 0 Å². The number of aryl methyl sites for hydroxylation is 1. The van der Waals surface area contributed by atoms with Gasteiger partial charge in [-0.15, -0.1) is 0 Å². The SMILES string of the molecule is O=C(O)C1CCCc2[nH]c(C(F)(F)F)nc21. The number of hydrogen-bond donors (Lipinski definition) is 2. The summed E-state index contributed by atoms with van der Waals surface area (Å²) in [5.74, 6) is -3.15. The fourth-order valence-corrected chi connectivity index (χ4v) is 1.90. The molecule has 1 heterocycles. The van der Waals surface area contributed by atoms with Gasteiger partial charge in [-0.25, -0.2) is 4.98 Å². The van der Waals surface area contributed by atoms with Crippen LogP contribution in [0.4, 0.5) is 13.2 Å². The fraction of sp³-hybridized carbons (Fsp3) is 0.556. The molecule has 0 radical (unpaired) electrons. The Labute approximate surface area is 88.5 Å². The van der Waals surface area contributed by atoms with Crippen LogP contribution in [0, 0.1) is 0 Å². The molecule has 88 valence electrons. The van der Waals surface area contributed by atoms with Crippen molar-refractivity contribution in [1.82, 2.24) is 9.97 Å². The topological polar surface area (TPSA) is 66.0 Å². The van der Waals surface area contributed by atoms with E-state index in [4.69, 9.17) is 5.11 Å². The number of carbonyl (C=O) groups is 1. The number of aromatic nitrogens is 2. The van der Waals surface area contributed by atoms with E-state index in [9.17, 15) is 18.0 Å². The Balaban J connectivity index is 2.42. The largest absolute Gasteiger partial charge is 0.481 e. The summed E-state index contributed by atoms with van der Waals surface area (Å²) in [5, 5.41) is 8.86. The van der Waals surface area contributed by atoms with Crippen LogP contribution in [0.15, 0.2) is 0 Å². The molecule has 0 saturated carbocycles. The van der Waals surface area contributed by atoms with Crippen molar-refractivity contribution < 1.29 is 23.1 Å². The van der Waals surface area contributed by atoms with Crippen molar-refractivity contribution in [2.75, 3.05) is 0 Å². The van der Waals surface area contributed by atoms with Crippen LogP contribution in [-0.2, 0) is 17.4 Å². The van der Waals surface area contributed by atoms with E-state index >= 15 is 0 Å². The molecular weight excluding hydrogens is 225 g/mol. The molecule has 7 heteroatoms. The second-order valence-electron chi connectivity index (χ2n) is 3.73. The average molecular weight is 234 g/mol. The van der Waals surface area contributed by atoms with E-state index in [2.05, 4.69) is 9.97 Å². The summed E-state index contributed by atoms with van der Waals surface area (Å²) >= 11 is 0. The minimum absolute atomic E-state index is 0.0334. The zero-order chi connectivity index (χ0) is 11.9. The van der Waals surface area contributed by atoms with Crippen molar-refractivity contribution in [3.63, 3.8) is 0 Å². The fourth-order valence-electron chi connectivity index (χ4n) is 1.90. The Morgan fingerprint density at radius 1 is 1.50 bits per heavy atom. The molecule has 0 aromatic carbocycles. The van der Waals surface area contributed by atoms with Crippen LogP contribution in [0.25, 0.3) is 0 Å². The predicted molar refractivity (Wildman–Crippen MR) is 46.9 cm³/mol. The molecular formula is C9H9F3N2O2. The highest BCUT2D eigenvalue weighted by Crippen LogP contribution is 2.34. The third kappa shape index (κ3) is 1.77. The number of nitrogens with zero attached hydrogens (tertiary/aromatic N) is 1. The van der Waals surface area contributed by atoms with Gasteiger partial charge in [0.05, 0.1) is 5.69 Å². The monoisotopic (exact) mass is 234 g/mol. The van der Waals surface area contributed by atoms with Crippen LogP contribution in [0.3, 0.4) is 0 Å². The van der Waals surface area contributed by atoms with Crippen LogP contribution >= 0.6 is 0 Å². The molecule has 0 aliphatic heterocycles. The molecule has 1 aliphatic carbocycles. The maximum atomic E-state index is 12.4. The molecule has 0 fully saturated rings. The zero-order valence-electron chi connectivity index (χ0n) is 8.14. The summed E-state index contributed by atoms with van der Waals surface area (Å²) in [4.78, 5) is 16.4. The summed E-state index contributed by atoms with van der Waals surface area (Å²) in [6, 6.07) is 0. The first-order valence-electron chi connectivity index (χ1n) is 4.78. The van der Waals surface area contributed by atoms with Crippen LogP contribution in [0.1, 0.15) is 36.0 Å². The van der Waals surface area contributed by atoms with Gasteiger partial charge in [0.1, 0.15) is 5.92 Å². The lowest BCUT2D eigenvalue weighted by molar-refractivity contribution is -0.145. The molecule has 4 nitrogen and oxygen atoms in total. The number of H-pyrrole nitrogens is 1. The molecule has 1 atom stereocenters. The normalized spacial score (nSPS) is 20.6. The van der Waals surface area contributed by atoms with Crippen molar-refractivity contribution in [3.8, 4) is 0 Å². The summed E-state index contributed by atoms with van der Waals surface area (Å²) in [6.07, 6.45) is -3.24. The highest BCUT2D eigenvalue weighted by atomic mass is 19.4. The van der Waals surface area contributed by atoms with E-state index < -0.39 is 23.9 Å². The quantitative estimate of drug-likeness (QED) is 0.780. The number of hydrogen-bond acceptors (Lipinski definition) is 2. The van der Waals surface area contributed by atoms with Crippen molar-refractivity contribution in [2.45, 2.75) is 31.4 Å². The molecule has 1 unspecified atom stereocenters. The van der Waals surface area contributed by atoms with E-state index in [1.165, 1.54) is 0 Å². The van der Waals surface area contributed by atoms with E-state index in [1.807, 2.05) is 0 Å². The van der Waals surface area contributed by atoms with Crippen LogP contribution in [0.5, 0.6) is 0 Å². The standard InChI is InChI=1S/C9H9F3N2O2/c10-9(11,12)8-13-5-3-1-2-4(7(15)16)6(5)14-8/h4H,1-3H2,(H,13,14)(H,15,16). The average Bonchev–Trinajstić information content (AvgIpc) is 2.59. The summed E-state index contributed by atoms with van der Waals surface area (Å²) < 4.78 is 37.1. The van der Waals surface area contributed by atoms with E-state index in [-0.39, 0.29) is 5.69 Å². The Kier molecular flexibility index (Phi) is 2.40. The third-order valence-electron chi connectivity index (χ3n) is 2.63. The van der Waals surface area contributed by atoms with Gasteiger partial charge in [-0.2, -0.15) is 13.2 Å². The van der Waals surface area contributed by atoms with Crippen molar-refractivity contribution in [2.24, 2.45) is 0 Å². The second-order valence-corrected chi connectivity index (χ2v) is 3.73. The molecule has 0 amide bonds. The van der Waals surface area contributed by atoms with Crippen LogP contribution in [-0.4, -0.2) is 21.0 Å². The first-order valence-corrected chi connectivity index (χ1v) is 4.78. The molecule has 0 spiro atoms. The van der Waals surface area contributed by atoms with E-state index in [1.54, 1.807) is 0 Å². The van der Waals surface area contributed by atoms with Gasteiger partial charge in [0, 0.05) is 5.69 Å². The molecule has 0 bridgehead atoms. The molecule has 1 aliphatic rings. The van der Waals surface area contributed by atoms with Gasteiger partial charge in [-0.1, -0.05) is 0 Å². The van der Waals surface area contributed by atoms with Gasteiger partial charge in [-0.05, 0) is 19.3 Å². The molecule has 1 aromatic heterocycles. The summed E-state index contributed by atoms with van der Waals surface area (Å²) in [5.41, 5.74) is 0.331. The number of rotatable bonds is 1. The summed E-state index contributed by atoms with van der Waals surface area (Å²) in [7, 11) is 0. The maximum Gasteiger partial charge on any atom is 0.449 e. The van der Waals surface area contributed by atoms with E-state index in [0.29, 0.717) is 25.0 Å². The molecule has 0 saturated heterocycles. The van der Waals surface area contributed by atoms with Gasteiger partial charge in [0.15, 0.2) is 0 Å². The van der Waals surface area contributed by atoms with Gasteiger partial charge in [0.2, 0.25) is 5.82 Å². The molecule has 2 rings (SSSR count). The van der Waals surface area contributed by atoms with Gasteiger partial charge >= 0.3 is 12.1 Å². The van der Waals surface area contributed by atoms with Crippen molar-refractivity contribution in [1.29, 1.82) is 0 Å². The van der Waals surface area contributed by atoms with Crippen LogP contribution in [0.2, 0.25) is 0 Å². The number of fused-ring (bicyclic) bond motifs is 1. The number of halogens is 3. The Morgan fingerprint density at radius 3 is 2.75 bits per heavy atom. The Morgan fingerprint density at radius 2 is 2.19 bits per heavy atom. The smallest absolute Gasteiger partial charge is 0.449 e. The lowest BCUT2D eigenvalue weighted by Gasteiger charge is -2.16. The number of aliphatic carboxylic acids is 1. The predicted octanol–water partition coefficient (Wildman–Crippen LogP) is 1.93. The number of alkyl halides is 3. The van der Waals surface area contributed by atoms with Gasteiger partial charge < -0.3 is 10.1 Å². The number of aromatic amines is 1. The van der Waals surface area contributed by atoms with Gasteiger partial charge in [-0.3, -0.25) is 4.79 Å². The lowest BCUT2D eigenvalue weighted by Crippen LogP contribution is -2.18.